The third-order valence-corrected chi connectivity index (χ3v) is 4.73. The van der Waals surface area contributed by atoms with Crippen molar-refractivity contribution in [3.8, 4) is 17.1 Å². The van der Waals surface area contributed by atoms with Gasteiger partial charge >= 0.3 is 0 Å². The van der Waals surface area contributed by atoms with Crippen LogP contribution in [0.5, 0.6) is 0 Å². The van der Waals surface area contributed by atoms with Crippen molar-refractivity contribution in [2.75, 3.05) is 0 Å². The van der Waals surface area contributed by atoms with E-state index in [9.17, 15) is 0 Å². The fourth-order valence-electron chi connectivity index (χ4n) is 3.70. The van der Waals surface area contributed by atoms with Gasteiger partial charge in [0, 0.05) is 5.56 Å². The minimum absolute atomic E-state index is 0.949. The maximum absolute atomic E-state index is 2.44. The number of rotatable bonds is 1. The molecule has 0 unspecified atom stereocenters. The Hall–Kier alpha value is -2.87. The molecule has 0 amide bonds. The van der Waals surface area contributed by atoms with Gasteiger partial charge in [-0.2, -0.15) is 4.57 Å². The molecule has 0 atom stereocenters. The second-order valence-electron chi connectivity index (χ2n) is 6.23. The van der Waals surface area contributed by atoms with E-state index >= 15 is 0 Å². The number of para-hydroxylation sites is 1. The summed E-state index contributed by atoms with van der Waals surface area (Å²) in [5.41, 5.74) is 7.82. The summed E-state index contributed by atoms with van der Waals surface area (Å²) in [5.74, 6) is 1.28. The molecule has 0 saturated heterocycles. The molecule has 2 heterocycles. The third-order valence-electron chi connectivity index (χ3n) is 4.73. The van der Waals surface area contributed by atoms with E-state index in [-0.39, 0.29) is 0 Å². The molecule has 1 aliphatic heterocycles. The molecule has 2 nitrogen and oxygen atoms in total. The van der Waals surface area contributed by atoms with E-state index in [2.05, 4.69) is 88.9 Å². The zero-order valence-corrected chi connectivity index (χ0v) is 13.0. The van der Waals surface area contributed by atoms with Crippen LogP contribution in [-0.4, -0.2) is 4.57 Å². The molecule has 0 fully saturated rings. The number of hydrogen-bond donors (Lipinski definition) is 0. The quantitative estimate of drug-likeness (QED) is 0.409. The Balaban J connectivity index is 1.95. The molecule has 0 aliphatic carbocycles. The third kappa shape index (κ3) is 1.72. The summed E-state index contributed by atoms with van der Waals surface area (Å²) in [6, 6.07) is 26.1. The van der Waals surface area contributed by atoms with Crippen molar-refractivity contribution < 1.29 is 4.57 Å². The molecule has 5 rings (SSSR count). The van der Waals surface area contributed by atoms with Crippen LogP contribution in [0.25, 0.3) is 28.1 Å². The summed E-state index contributed by atoms with van der Waals surface area (Å²) in [4.78, 5) is 0. The second-order valence-corrected chi connectivity index (χ2v) is 6.23. The van der Waals surface area contributed by atoms with Crippen molar-refractivity contribution in [2.45, 2.75) is 13.5 Å². The first-order valence-electron chi connectivity index (χ1n) is 8.01. The molecular formula is C21H17N2+. The van der Waals surface area contributed by atoms with Crippen molar-refractivity contribution in [3.05, 3.63) is 83.9 Å². The van der Waals surface area contributed by atoms with Crippen molar-refractivity contribution in [2.24, 2.45) is 0 Å². The molecule has 0 radical (unpaired) electrons. The Morgan fingerprint density at radius 2 is 1.65 bits per heavy atom. The molecule has 2 heteroatoms. The van der Waals surface area contributed by atoms with Gasteiger partial charge in [-0.05, 0) is 42.8 Å². The predicted octanol–water partition coefficient (Wildman–Crippen LogP) is 4.26. The Bertz CT molecular complexity index is 1040. The normalized spacial score (nSPS) is 12.4. The average molecular weight is 297 g/mol. The molecular weight excluding hydrogens is 280 g/mol. The Kier molecular flexibility index (Phi) is 2.51. The molecule has 0 bridgehead atoms. The molecule has 3 aromatic carbocycles. The van der Waals surface area contributed by atoms with Crippen molar-refractivity contribution >= 4 is 11.0 Å². The monoisotopic (exact) mass is 297 g/mol. The van der Waals surface area contributed by atoms with Gasteiger partial charge in [0.2, 0.25) is 0 Å². The minimum Gasteiger partial charge on any atom is -0.218 e. The number of hydrogen-bond acceptors (Lipinski definition) is 0. The van der Waals surface area contributed by atoms with Crippen LogP contribution >= 0.6 is 0 Å². The first-order valence-corrected chi connectivity index (χ1v) is 8.01. The molecule has 1 aliphatic rings. The van der Waals surface area contributed by atoms with Crippen molar-refractivity contribution in [1.29, 1.82) is 0 Å². The highest BCUT2D eigenvalue weighted by molar-refractivity contribution is 5.81. The number of benzene rings is 3. The summed E-state index contributed by atoms with van der Waals surface area (Å²) < 4.78 is 4.83. The SMILES string of the molecule is Cc1ccc2c(c1)n(-c1ccccc1)c1[n+]2Cc2ccccc2-1. The summed E-state index contributed by atoms with van der Waals surface area (Å²) in [5, 5.41) is 0. The Morgan fingerprint density at radius 1 is 0.870 bits per heavy atom. The smallest absolute Gasteiger partial charge is 0.218 e. The standard InChI is InChI=1S/C21H17N2/c1-15-11-12-19-20(13-15)23(17-8-3-2-4-9-17)21-18-10-6-5-7-16(18)14-22(19)21/h2-13H,14H2,1H3/q+1. The second kappa shape index (κ2) is 4.56. The number of aryl methyl sites for hydroxylation is 1. The zero-order chi connectivity index (χ0) is 15.4. The van der Waals surface area contributed by atoms with Crippen LogP contribution in [0.1, 0.15) is 11.1 Å². The lowest BCUT2D eigenvalue weighted by Gasteiger charge is -2.02. The molecule has 0 N–H and O–H groups in total. The van der Waals surface area contributed by atoms with Gasteiger partial charge in [-0.1, -0.05) is 42.5 Å². The first-order chi connectivity index (χ1) is 11.3. The molecule has 110 valence electrons. The summed E-state index contributed by atoms with van der Waals surface area (Å²) in [6.45, 7) is 3.11. The fraction of sp³-hybridized carbons (Fsp3) is 0.0952. The van der Waals surface area contributed by atoms with Gasteiger partial charge in [0.05, 0.1) is 5.56 Å². The van der Waals surface area contributed by atoms with Crippen LogP contribution in [0, 0.1) is 6.92 Å². The van der Waals surface area contributed by atoms with Gasteiger partial charge in [-0.3, -0.25) is 0 Å². The highest BCUT2D eigenvalue weighted by atomic mass is 15.2. The largest absolute Gasteiger partial charge is 0.295 e. The molecule has 1 aromatic heterocycles. The van der Waals surface area contributed by atoms with Crippen molar-refractivity contribution in [3.63, 3.8) is 0 Å². The zero-order valence-electron chi connectivity index (χ0n) is 13.0. The van der Waals surface area contributed by atoms with Crippen LogP contribution in [0.3, 0.4) is 0 Å². The van der Waals surface area contributed by atoms with Crippen LogP contribution in [0.4, 0.5) is 0 Å². The van der Waals surface area contributed by atoms with Crippen LogP contribution in [0.15, 0.2) is 72.8 Å². The summed E-state index contributed by atoms with van der Waals surface area (Å²) >= 11 is 0. The maximum atomic E-state index is 2.44. The average Bonchev–Trinajstić information content (AvgIpc) is 3.09. The van der Waals surface area contributed by atoms with E-state index in [0.29, 0.717) is 0 Å². The van der Waals surface area contributed by atoms with Gasteiger partial charge in [0.15, 0.2) is 11.0 Å². The van der Waals surface area contributed by atoms with Crippen LogP contribution in [0.2, 0.25) is 0 Å². The van der Waals surface area contributed by atoms with Crippen LogP contribution < -0.4 is 4.57 Å². The maximum Gasteiger partial charge on any atom is 0.295 e. The lowest BCUT2D eigenvalue weighted by atomic mass is 10.1. The summed E-state index contributed by atoms with van der Waals surface area (Å²) in [7, 11) is 0. The van der Waals surface area contributed by atoms with Gasteiger partial charge in [0.1, 0.15) is 12.2 Å². The van der Waals surface area contributed by atoms with E-state index in [1.54, 1.807) is 0 Å². The Labute approximate surface area is 135 Å². The summed E-state index contributed by atoms with van der Waals surface area (Å²) in [6.07, 6.45) is 0. The van der Waals surface area contributed by atoms with E-state index in [4.69, 9.17) is 0 Å². The van der Waals surface area contributed by atoms with Gasteiger partial charge in [-0.25, -0.2) is 4.57 Å². The number of aromatic nitrogens is 2. The molecule has 0 saturated carbocycles. The number of fused-ring (bicyclic) bond motifs is 5. The number of imidazole rings is 1. The highest BCUT2D eigenvalue weighted by Gasteiger charge is 2.34. The fourth-order valence-corrected chi connectivity index (χ4v) is 3.70. The lowest BCUT2D eigenvalue weighted by molar-refractivity contribution is -0.645. The van der Waals surface area contributed by atoms with Crippen molar-refractivity contribution in [1.82, 2.24) is 4.57 Å². The highest BCUT2D eigenvalue weighted by Crippen LogP contribution is 2.33. The van der Waals surface area contributed by atoms with Crippen LogP contribution in [-0.2, 0) is 6.54 Å². The van der Waals surface area contributed by atoms with Gasteiger partial charge in [-0.15, -0.1) is 0 Å². The predicted molar refractivity (Wildman–Crippen MR) is 92.7 cm³/mol. The Morgan fingerprint density at radius 3 is 2.52 bits per heavy atom. The first kappa shape index (κ1) is 12.7. The van der Waals surface area contributed by atoms with E-state index < -0.39 is 0 Å². The molecule has 0 spiro atoms. The lowest BCUT2D eigenvalue weighted by Crippen LogP contribution is -2.31. The van der Waals surface area contributed by atoms with Gasteiger partial charge in [0.25, 0.3) is 5.82 Å². The molecule has 23 heavy (non-hydrogen) atoms. The molecule has 4 aromatic rings. The van der Waals surface area contributed by atoms with E-state index in [0.717, 1.165) is 6.54 Å². The topological polar surface area (TPSA) is 8.81 Å². The minimum atomic E-state index is 0.949. The van der Waals surface area contributed by atoms with Gasteiger partial charge < -0.3 is 0 Å². The van der Waals surface area contributed by atoms with E-state index in [1.807, 2.05) is 0 Å². The van der Waals surface area contributed by atoms with E-state index in [1.165, 1.54) is 39.2 Å². The number of nitrogens with zero attached hydrogens (tertiary/aromatic N) is 2.